The van der Waals surface area contributed by atoms with E-state index in [4.69, 9.17) is 16.0 Å². The number of halogens is 2. The van der Waals surface area contributed by atoms with E-state index in [0.29, 0.717) is 11.8 Å². The molecule has 21 heavy (non-hydrogen) atoms. The van der Waals surface area contributed by atoms with E-state index in [1.54, 1.807) is 0 Å². The Bertz CT molecular complexity index is 768. The third-order valence-corrected chi connectivity index (χ3v) is 4.38. The molecule has 0 saturated heterocycles. The Balaban J connectivity index is 1.79. The maximum absolute atomic E-state index is 6.21. The summed E-state index contributed by atoms with van der Waals surface area (Å²) in [5, 5.41) is 5.03. The van der Waals surface area contributed by atoms with Crippen molar-refractivity contribution in [3.05, 3.63) is 69.3 Å². The highest BCUT2D eigenvalue weighted by atomic mass is 79.9. The molecule has 1 unspecified atom stereocenters. The highest BCUT2D eigenvalue weighted by Gasteiger charge is 2.13. The molecule has 1 heterocycles. The zero-order chi connectivity index (χ0) is 14.8. The molecule has 0 aliphatic carbocycles. The summed E-state index contributed by atoms with van der Waals surface area (Å²) in [6.07, 6.45) is 0. The molecule has 1 aromatic heterocycles. The summed E-state index contributed by atoms with van der Waals surface area (Å²) in [6.45, 7) is 2.81. The Morgan fingerprint density at radius 2 is 2.00 bits per heavy atom. The van der Waals surface area contributed by atoms with Crippen LogP contribution in [0.3, 0.4) is 0 Å². The molecule has 0 radical (unpaired) electrons. The van der Waals surface area contributed by atoms with Crippen LogP contribution in [0.1, 0.15) is 24.1 Å². The van der Waals surface area contributed by atoms with Gasteiger partial charge in [-0.15, -0.1) is 0 Å². The maximum atomic E-state index is 6.21. The SMILES string of the molecule is CC(NCc1c(Cl)oc2ccccc12)c1cccc(Br)c1. The zero-order valence-electron chi connectivity index (χ0n) is 11.6. The maximum Gasteiger partial charge on any atom is 0.199 e. The molecule has 1 N–H and O–H groups in total. The molecule has 0 aliphatic rings. The van der Waals surface area contributed by atoms with E-state index in [1.165, 1.54) is 5.56 Å². The van der Waals surface area contributed by atoms with E-state index in [1.807, 2.05) is 36.4 Å². The Kier molecular flexibility index (Phi) is 4.34. The predicted octanol–water partition coefficient (Wildman–Crippen LogP) is 5.70. The van der Waals surface area contributed by atoms with Gasteiger partial charge in [-0.2, -0.15) is 0 Å². The van der Waals surface area contributed by atoms with Gasteiger partial charge in [0.05, 0.1) is 0 Å². The summed E-state index contributed by atoms with van der Waals surface area (Å²) in [7, 11) is 0. The number of hydrogen-bond acceptors (Lipinski definition) is 2. The lowest BCUT2D eigenvalue weighted by Gasteiger charge is -2.14. The van der Waals surface area contributed by atoms with Crippen molar-refractivity contribution in [2.45, 2.75) is 19.5 Å². The van der Waals surface area contributed by atoms with E-state index in [9.17, 15) is 0 Å². The van der Waals surface area contributed by atoms with Crippen molar-refractivity contribution < 1.29 is 4.42 Å². The summed E-state index contributed by atoms with van der Waals surface area (Å²) < 4.78 is 6.66. The van der Waals surface area contributed by atoms with E-state index in [-0.39, 0.29) is 6.04 Å². The second-order valence-corrected chi connectivity index (χ2v) is 6.27. The third kappa shape index (κ3) is 3.15. The zero-order valence-corrected chi connectivity index (χ0v) is 13.9. The predicted molar refractivity (Wildman–Crippen MR) is 90.6 cm³/mol. The Hall–Kier alpha value is -1.29. The first-order chi connectivity index (χ1) is 10.1. The minimum absolute atomic E-state index is 0.229. The average Bonchev–Trinajstić information content (AvgIpc) is 2.80. The largest absolute Gasteiger partial charge is 0.444 e. The minimum atomic E-state index is 0.229. The van der Waals surface area contributed by atoms with Gasteiger partial charge in [-0.3, -0.25) is 0 Å². The van der Waals surface area contributed by atoms with Crippen LogP contribution >= 0.6 is 27.5 Å². The second kappa shape index (κ2) is 6.22. The van der Waals surface area contributed by atoms with Gasteiger partial charge >= 0.3 is 0 Å². The van der Waals surface area contributed by atoms with Crippen LogP contribution in [0.15, 0.2) is 57.4 Å². The lowest BCUT2D eigenvalue weighted by Crippen LogP contribution is -2.18. The molecule has 0 aliphatic heterocycles. The molecule has 3 aromatic rings. The van der Waals surface area contributed by atoms with Crippen LogP contribution in [-0.2, 0) is 6.54 Å². The van der Waals surface area contributed by atoms with Crippen molar-refractivity contribution >= 4 is 38.5 Å². The lowest BCUT2D eigenvalue weighted by molar-refractivity contribution is 0.563. The number of benzene rings is 2. The fourth-order valence-corrected chi connectivity index (χ4v) is 3.05. The molecular formula is C17H15BrClNO. The topological polar surface area (TPSA) is 25.2 Å². The van der Waals surface area contributed by atoms with Crippen LogP contribution < -0.4 is 5.32 Å². The second-order valence-electron chi connectivity index (χ2n) is 5.01. The van der Waals surface area contributed by atoms with E-state index in [2.05, 4.69) is 40.3 Å². The molecular weight excluding hydrogens is 350 g/mol. The highest BCUT2D eigenvalue weighted by Crippen LogP contribution is 2.30. The summed E-state index contributed by atoms with van der Waals surface area (Å²) in [5.74, 6) is 0. The summed E-state index contributed by atoms with van der Waals surface area (Å²) in [5.41, 5.74) is 3.07. The van der Waals surface area contributed by atoms with Crippen molar-refractivity contribution in [1.29, 1.82) is 0 Å². The molecule has 2 aromatic carbocycles. The number of nitrogens with one attached hydrogen (secondary N) is 1. The van der Waals surface area contributed by atoms with E-state index < -0.39 is 0 Å². The molecule has 0 bridgehead atoms. The number of para-hydroxylation sites is 1. The van der Waals surface area contributed by atoms with Gasteiger partial charge in [-0.1, -0.05) is 46.3 Å². The molecule has 2 nitrogen and oxygen atoms in total. The first-order valence-electron chi connectivity index (χ1n) is 6.80. The molecule has 0 fully saturated rings. The van der Waals surface area contributed by atoms with Crippen molar-refractivity contribution in [1.82, 2.24) is 5.32 Å². The Morgan fingerprint density at radius 1 is 1.19 bits per heavy atom. The molecule has 0 amide bonds. The number of fused-ring (bicyclic) bond motifs is 1. The van der Waals surface area contributed by atoms with E-state index >= 15 is 0 Å². The lowest BCUT2D eigenvalue weighted by atomic mass is 10.1. The van der Waals surface area contributed by atoms with Gasteiger partial charge in [0, 0.05) is 28.0 Å². The number of hydrogen-bond donors (Lipinski definition) is 1. The highest BCUT2D eigenvalue weighted by molar-refractivity contribution is 9.10. The van der Waals surface area contributed by atoms with Gasteiger partial charge < -0.3 is 9.73 Å². The van der Waals surface area contributed by atoms with E-state index in [0.717, 1.165) is 21.0 Å². The van der Waals surface area contributed by atoms with Crippen molar-refractivity contribution in [2.75, 3.05) is 0 Å². The van der Waals surface area contributed by atoms with Gasteiger partial charge in [-0.05, 0) is 42.3 Å². The molecule has 108 valence electrons. The molecule has 0 saturated carbocycles. The van der Waals surface area contributed by atoms with Crippen molar-refractivity contribution in [3.63, 3.8) is 0 Å². The first-order valence-corrected chi connectivity index (χ1v) is 7.97. The number of rotatable bonds is 4. The molecule has 0 spiro atoms. The Morgan fingerprint density at radius 3 is 2.81 bits per heavy atom. The van der Waals surface area contributed by atoms with Crippen molar-refractivity contribution in [3.8, 4) is 0 Å². The van der Waals surface area contributed by atoms with Gasteiger partial charge in [0.25, 0.3) is 0 Å². The quantitative estimate of drug-likeness (QED) is 0.642. The van der Waals surface area contributed by atoms with Gasteiger partial charge in [0.2, 0.25) is 0 Å². The first kappa shape index (κ1) is 14.6. The van der Waals surface area contributed by atoms with Gasteiger partial charge in [-0.25, -0.2) is 0 Å². The van der Waals surface area contributed by atoms with Crippen LogP contribution in [0.2, 0.25) is 5.22 Å². The van der Waals surface area contributed by atoms with Crippen molar-refractivity contribution in [2.24, 2.45) is 0 Å². The summed E-state index contributed by atoms with van der Waals surface area (Å²) in [6, 6.07) is 16.4. The van der Waals surface area contributed by atoms with Crippen LogP contribution in [0.5, 0.6) is 0 Å². The van der Waals surface area contributed by atoms with Gasteiger partial charge in [0.1, 0.15) is 5.58 Å². The summed E-state index contributed by atoms with van der Waals surface area (Å²) >= 11 is 9.71. The van der Waals surface area contributed by atoms with Gasteiger partial charge in [0.15, 0.2) is 5.22 Å². The van der Waals surface area contributed by atoms with Crippen LogP contribution in [0.4, 0.5) is 0 Å². The Labute approximate surface area is 137 Å². The van der Waals surface area contributed by atoms with Crippen LogP contribution in [0, 0.1) is 0 Å². The van der Waals surface area contributed by atoms with Crippen LogP contribution in [-0.4, -0.2) is 0 Å². The standard InChI is InChI=1S/C17H15BrClNO/c1-11(12-5-4-6-13(18)9-12)20-10-15-14-7-2-3-8-16(14)21-17(15)19/h2-9,11,20H,10H2,1H3. The fraction of sp³-hybridized carbons (Fsp3) is 0.176. The smallest absolute Gasteiger partial charge is 0.199 e. The summed E-state index contributed by atoms with van der Waals surface area (Å²) in [4.78, 5) is 0. The average molecular weight is 365 g/mol. The monoisotopic (exact) mass is 363 g/mol. The third-order valence-electron chi connectivity index (χ3n) is 3.58. The molecule has 1 atom stereocenters. The van der Waals surface area contributed by atoms with Crippen LogP contribution in [0.25, 0.3) is 11.0 Å². The minimum Gasteiger partial charge on any atom is -0.444 e. The normalized spacial score (nSPS) is 12.7. The molecule has 4 heteroatoms. The number of furan rings is 1. The fourth-order valence-electron chi connectivity index (χ4n) is 2.38. The molecule has 3 rings (SSSR count).